The number of rotatable bonds is 17. The van der Waals surface area contributed by atoms with E-state index in [0.29, 0.717) is 19.5 Å². The predicted octanol–water partition coefficient (Wildman–Crippen LogP) is -0.700. The first kappa shape index (κ1) is 28.3. The summed E-state index contributed by atoms with van der Waals surface area (Å²) in [5, 5.41) is 13.3. The smallest absolute Gasteiger partial charge is 0.322 e. The number of carbonyl (C=O) groups is 5. The lowest BCUT2D eigenvalue weighted by atomic mass is 10.2. The number of unbranched alkanes of at least 4 members (excludes halogenated alkanes) is 4. The zero-order chi connectivity index (χ0) is 23.6. The molecule has 0 aromatic carbocycles. The van der Waals surface area contributed by atoms with E-state index < -0.39 is 30.2 Å². The second kappa shape index (κ2) is 17.0. The highest BCUT2D eigenvalue weighted by atomic mass is 16.4. The molecular formula is C20H37N5O6. The first-order valence-electron chi connectivity index (χ1n) is 10.8. The lowest BCUT2D eigenvalue weighted by Crippen LogP contribution is -2.48. The van der Waals surface area contributed by atoms with Gasteiger partial charge < -0.3 is 31.3 Å². The Bertz CT molecular complexity index is 599. The summed E-state index contributed by atoms with van der Waals surface area (Å²) in [6, 6.07) is 0. The zero-order valence-corrected chi connectivity index (χ0v) is 18.7. The van der Waals surface area contributed by atoms with Crippen molar-refractivity contribution in [2.75, 3.05) is 45.8 Å². The van der Waals surface area contributed by atoms with Gasteiger partial charge in [0.05, 0.1) is 26.2 Å². The Balaban J connectivity index is 4.75. The number of hydrogen-bond acceptors (Lipinski definition) is 6. The molecule has 0 rings (SSSR count). The molecule has 0 saturated heterocycles. The number of carboxylic acid groups (broad SMARTS) is 1. The Labute approximate surface area is 183 Å². The maximum atomic E-state index is 12.5. The lowest BCUT2D eigenvalue weighted by Gasteiger charge is -2.24. The average molecular weight is 444 g/mol. The number of aliphatic carboxylic acids is 1. The van der Waals surface area contributed by atoms with Crippen LogP contribution < -0.4 is 16.4 Å². The Morgan fingerprint density at radius 1 is 0.742 bits per heavy atom. The van der Waals surface area contributed by atoms with E-state index in [1.54, 1.807) is 0 Å². The van der Waals surface area contributed by atoms with Crippen LogP contribution in [0.15, 0.2) is 0 Å². The summed E-state index contributed by atoms with van der Waals surface area (Å²) < 4.78 is 0. The van der Waals surface area contributed by atoms with Crippen molar-refractivity contribution in [1.82, 2.24) is 20.4 Å². The summed E-state index contributed by atoms with van der Waals surface area (Å²) in [6.07, 6.45) is 5.11. The first-order valence-corrected chi connectivity index (χ1v) is 10.8. The molecule has 4 amide bonds. The summed E-state index contributed by atoms with van der Waals surface area (Å²) in [6.45, 7) is 3.22. The molecule has 0 unspecified atom stereocenters. The second-order valence-electron chi connectivity index (χ2n) is 7.20. The van der Waals surface area contributed by atoms with Crippen molar-refractivity contribution in [2.45, 2.75) is 52.4 Å². The minimum absolute atomic E-state index is 0.192. The number of hydrogen-bond donors (Lipinski definition) is 4. The summed E-state index contributed by atoms with van der Waals surface area (Å²) in [5.41, 5.74) is 5.40. The van der Waals surface area contributed by atoms with E-state index in [2.05, 4.69) is 10.6 Å². The molecule has 0 radical (unpaired) electrons. The molecule has 0 aliphatic carbocycles. The maximum Gasteiger partial charge on any atom is 0.322 e. The number of carbonyl (C=O) groups excluding carboxylic acids is 4. The lowest BCUT2D eigenvalue weighted by molar-refractivity contribution is -0.139. The van der Waals surface area contributed by atoms with Crippen LogP contribution in [0.5, 0.6) is 0 Å². The minimum Gasteiger partial charge on any atom is -0.480 e. The summed E-state index contributed by atoms with van der Waals surface area (Å²) in [7, 11) is 0. The molecule has 0 aliphatic heterocycles. The third kappa shape index (κ3) is 14.0. The van der Waals surface area contributed by atoms with Gasteiger partial charge in [0.15, 0.2) is 0 Å². The number of carboxylic acids is 1. The monoisotopic (exact) mass is 443 g/mol. The average Bonchev–Trinajstić information content (AvgIpc) is 2.74. The zero-order valence-electron chi connectivity index (χ0n) is 18.7. The number of nitrogens with zero attached hydrogens (tertiary/aromatic N) is 2. The van der Waals surface area contributed by atoms with E-state index in [4.69, 9.17) is 10.8 Å². The van der Waals surface area contributed by atoms with Gasteiger partial charge in [-0.2, -0.15) is 0 Å². The Kier molecular flexibility index (Phi) is 15.6. The van der Waals surface area contributed by atoms with Gasteiger partial charge in [-0.15, -0.1) is 0 Å². The van der Waals surface area contributed by atoms with E-state index >= 15 is 0 Å². The Morgan fingerprint density at radius 3 is 1.61 bits per heavy atom. The van der Waals surface area contributed by atoms with E-state index in [0.717, 1.165) is 32.1 Å². The molecule has 0 heterocycles. The standard InChI is InChI=1S/C20H37N5O6/c1-3-5-7-9-24(18(28)11-21)14-16(26)22-12-19(29)25(10-8-6-4-2)15-17(27)23-13-20(30)31/h3-15,21H2,1-2H3,(H,22,26)(H,23,27)(H,30,31). The number of nitrogens with two attached hydrogens (primary N) is 1. The molecule has 0 spiro atoms. The van der Waals surface area contributed by atoms with Crippen molar-refractivity contribution in [3.63, 3.8) is 0 Å². The summed E-state index contributed by atoms with van der Waals surface area (Å²) in [5.74, 6) is -3.06. The molecule has 31 heavy (non-hydrogen) atoms. The van der Waals surface area contributed by atoms with Crippen molar-refractivity contribution in [3.05, 3.63) is 0 Å². The molecule has 0 aromatic heterocycles. The van der Waals surface area contributed by atoms with E-state index in [9.17, 15) is 24.0 Å². The van der Waals surface area contributed by atoms with Crippen molar-refractivity contribution in [1.29, 1.82) is 0 Å². The van der Waals surface area contributed by atoms with Gasteiger partial charge in [-0.25, -0.2) is 0 Å². The highest BCUT2D eigenvalue weighted by molar-refractivity contribution is 5.90. The third-order valence-electron chi connectivity index (χ3n) is 4.49. The SMILES string of the molecule is CCCCCN(CC(=O)NCC(=O)N(CCCCC)CC(=O)NCC(=O)O)C(=O)CN. The van der Waals surface area contributed by atoms with Crippen molar-refractivity contribution < 1.29 is 29.1 Å². The first-order chi connectivity index (χ1) is 14.7. The van der Waals surface area contributed by atoms with Gasteiger partial charge in [0.1, 0.15) is 6.54 Å². The molecular weight excluding hydrogens is 406 g/mol. The van der Waals surface area contributed by atoms with Gasteiger partial charge >= 0.3 is 5.97 Å². The fourth-order valence-corrected chi connectivity index (χ4v) is 2.74. The van der Waals surface area contributed by atoms with Crippen LogP contribution in [0, 0.1) is 0 Å². The van der Waals surface area contributed by atoms with Crippen LogP contribution in [0.2, 0.25) is 0 Å². The topological polar surface area (TPSA) is 162 Å². The van der Waals surface area contributed by atoms with Crippen LogP contribution in [0.3, 0.4) is 0 Å². The molecule has 11 heteroatoms. The van der Waals surface area contributed by atoms with Crippen molar-refractivity contribution in [3.8, 4) is 0 Å². The highest BCUT2D eigenvalue weighted by Crippen LogP contribution is 2.01. The minimum atomic E-state index is -1.18. The quantitative estimate of drug-likeness (QED) is 0.216. The van der Waals surface area contributed by atoms with Gasteiger partial charge in [0.2, 0.25) is 23.6 Å². The van der Waals surface area contributed by atoms with Gasteiger partial charge in [0.25, 0.3) is 0 Å². The Morgan fingerprint density at radius 2 is 1.19 bits per heavy atom. The molecule has 0 bridgehead atoms. The van der Waals surface area contributed by atoms with Crippen molar-refractivity contribution >= 4 is 29.6 Å². The van der Waals surface area contributed by atoms with Gasteiger partial charge in [-0.3, -0.25) is 24.0 Å². The molecule has 0 fully saturated rings. The van der Waals surface area contributed by atoms with Crippen molar-refractivity contribution in [2.24, 2.45) is 5.73 Å². The second-order valence-corrected chi connectivity index (χ2v) is 7.20. The van der Waals surface area contributed by atoms with Gasteiger partial charge in [0, 0.05) is 13.1 Å². The van der Waals surface area contributed by atoms with Crippen LogP contribution in [0.4, 0.5) is 0 Å². The maximum absolute atomic E-state index is 12.5. The Hall–Kier alpha value is -2.69. The van der Waals surface area contributed by atoms with Crippen LogP contribution in [-0.4, -0.2) is 90.3 Å². The van der Waals surface area contributed by atoms with Crippen LogP contribution in [-0.2, 0) is 24.0 Å². The largest absolute Gasteiger partial charge is 0.480 e. The molecule has 0 aliphatic rings. The van der Waals surface area contributed by atoms with Crippen LogP contribution in [0.1, 0.15) is 52.4 Å². The normalized spacial score (nSPS) is 10.3. The van der Waals surface area contributed by atoms with E-state index in [-0.39, 0.29) is 32.1 Å². The summed E-state index contributed by atoms with van der Waals surface area (Å²) in [4.78, 5) is 61.8. The fourth-order valence-electron chi connectivity index (χ4n) is 2.74. The van der Waals surface area contributed by atoms with Gasteiger partial charge in [-0.1, -0.05) is 39.5 Å². The molecule has 0 atom stereocenters. The van der Waals surface area contributed by atoms with E-state index in [1.807, 2.05) is 13.8 Å². The highest BCUT2D eigenvalue weighted by Gasteiger charge is 2.20. The predicted molar refractivity (Wildman–Crippen MR) is 115 cm³/mol. The van der Waals surface area contributed by atoms with Crippen LogP contribution >= 0.6 is 0 Å². The van der Waals surface area contributed by atoms with Gasteiger partial charge in [-0.05, 0) is 12.8 Å². The molecule has 178 valence electrons. The molecule has 11 nitrogen and oxygen atoms in total. The molecule has 5 N–H and O–H groups in total. The van der Waals surface area contributed by atoms with E-state index in [1.165, 1.54) is 9.80 Å². The molecule has 0 saturated carbocycles. The fraction of sp³-hybridized carbons (Fsp3) is 0.750. The number of nitrogens with one attached hydrogen (secondary N) is 2. The van der Waals surface area contributed by atoms with Crippen LogP contribution in [0.25, 0.3) is 0 Å². The molecule has 0 aromatic rings. The summed E-state index contributed by atoms with van der Waals surface area (Å²) >= 11 is 0. The number of amides is 4. The third-order valence-corrected chi connectivity index (χ3v) is 4.49.